The third kappa shape index (κ3) is 12.8. The van der Waals surface area contributed by atoms with E-state index >= 15 is 0 Å². The molecular formula is C31H49N3O4S. The Kier molecular flexibility index (Phi) is 15.7. The summed E-state index contributed by atoms with van der Waals surface area (Å²) in [6.07, 6.45) is 12.8. The number of hydrogen-bond donors (Lipinski definition) is 3. The third-order valence-corrected chi connectivity index (χ3v) is 6.64. The van der Waals surface area contributed by atoms with Gasteiger partial charge in [0.25, 0.3) is 0 Å². The molecule has 39 heavy (non-hydrogen) atoms. The van der Waals surface area contributed by atoms with E-state index in [1.807, 2.05) is 6.92 Å². The number of carbonyl (C=O) groups excluding carboxylic acids is 3. The van der Waals surface area contributed by atoms with Crippen molar-refractivity contribution in [2.45, 2.75) is 117 Å². The number of rotatable bonds is 16. The van der Waals surface area contributed by atoms with E-state index in [2.05, 4.69) is 43.0 Å². The van der Waals surface area contributed by atoms with E-state index in [1.54, 1.807) is 49.9 Å². The second-order valence-corrected chi connectivity index (χ2v) is 11.4. The zero-order valence-corrected chi connectivity index (χ0v) is 25.6. The van der Waals surface area contributed by atoms with Crippen molar-refractivity contribution in [1.82, 2.24) is 15.5 Å². The van der Waals surface area contributed by atoms with Gasteiger partial charge in [0.15, 0.2) is 0 Å². The van der Waals surface area contributed by atoms with Crippen molar-refractivity contribution in [3.05, 3.63) is 35.4 Å². The summed E-state index contributed by atoms with van der Waals surface area (Å²) in [6, 6.07) is 5.23. The molecule has 2 N–H and O–H groups in total. The molecule has 0 aliphatic heterocycles. The number of thiol groups is 1. The SMILES string of the molecule is C#Cc1ccc(C(C(=O)NC(C)CCC)N(CCCCCCCC)C(=O)C(CS)NC(=O)OC(C)(C)C)cc1. The standard InChI is InChI=1S/C31H49N3O4S/c1-8-11-12-13-14-15-21-34(29(36)26(22-39)33-30(37)38-31(5,6)7)27(28(35)32-23(4)16-9-2)25-19-17-24(10-3)18-20-25/h3,17-20,23,26-27,39H,8-9,11-16,21-22H2,1-2,4-7H3,(H,32,35)(H,33,37). The molecule has 0 bridgehead atoms. The van der Waals surface area contributed by atoms with E-state index in [0.29, 0.717) is 17.7 Å². The van der Waals surface area contributed by atoms with Gasteiger partial charge in [0, 0.05) is 23.9 Å². The number of amides is 3. The summed E-state index contributed by atoms with van der Waals surface area (Å²) in [5.41, 5.74) is 0.624. The minimum absolute atomic E-state index is 0.0541. The Morgan fingerprint density at radius 3 is 2.15 bits per heavy atom. The molecule has 0 fully saturated rings. The van der Waals surface area contributed by atoms with Gasteiger partial charge in [-0.3, -0.25) is 9.59 Å². The molecule has 3 atom stereocenters. The Morgan fingerprint density at radius 1 is 1.00 bits per heavy atom. The summed E-state index contributed by atoms with van der Waals surface area (Å²) < 4.78 is 5.38. The normalized spacial score (nSPS) is 13.5. The summed E-state index contributed by atoms with van der Waals surface area (Å²) in [4.78, 5) is 41.9. The Labute approximate surface area is 241 Å². The quantitative estimate of drug-likeness (QED) is 0.131. The smallest absolute Gasteiger partial charge is 0.408 e. The van der Waals surface area contributed by atoms with E-state index in [4.69, 9.17) is 11.2 Å². The number of terminal acetylenes is 1. The fourth-order valence-corrected chi connectivity index (χ4v) is 4.57. The highest BCUT2D eigenvalue weighted by Gasteiger charge is 2.36. The molecule has 218 valence electrons. The van der Waals surface area contributed by atoms with Crippen molar-refractivity contribution >= 4 is 30.5 Å². The Balaban J connectivity index is 3.38. The fourth-order valence-electron chi connectivity index (χ4n) is 4.33. The summed E-state index contributed by atoms with van der Waals surface area (Å²) in [6.45, 7) is 11.8. The largest absolute Gasteiger partial charge is 0.444 e. The first-order valence-corrected chi connectivity index (χ1v) is 14.9. The third-order valence-electron chi connectivity index (χ3n) is 6.27. The van der Waals surface area contributed by atoms with Crippen molar-refractivity contribution in [2.24, 2.45) is 0 Å². The van der Waals surface area contributed by atoms with Crippen LogP contribution >= 0.6 is 12.6 Å². The molecule has 0 saturated heterocycles. The van der Waals surface area contributed by atoms with Crippen LogP contribution in [0.5, 0.6) is 0 Å². The van der Waals surface area contributed by atoms with Crippen LogP contribution in [-0.4, -0.2) is 52.8 Å². The van der Waals surface area contributed by atoms with Crippen LogP contribution in [0.3, 0.4) is 0 Å². The second-order valence-electron chi connectivity index (χ2n) is 11.0. The molecule has 3 unspecified atom stereocenters. The van der Waals surface area contributed by atoms with Gasteiger partial charge in [0.2, 0.25) is 11.8 Å². The van der Waals surface area contributed by atoms with Crippen molar-refractivity contribution in [3.8, 4) is 12.3 Å². The monoisotopic (exact) mass is 559 g/mol. The van der Waals surface area contributed by atoms with Crippen LogP contribution in [0.1, 0.15) is 110 Å². The average Bonchev–Trinajstić information content (AvgIpc) is 2.87. The Morgan fingerprint density at radius 2 is 1.62 bits per heavy atom. The molecule has 0 aliphatic carbocycles. The maximum absolute atomic E-state index is 14.0. The molecule has 7 nitrogen and oxygen atoms in total. The van der Waals surface area contributed by atoms with Gasteiger partial charge in [-0.1, -0.05) is 70.4 Å². The maximum Gasteiger partial charge on any atom is 0.408 e. The van der Waals surface area contributed by atoms with Gasteiger partial charge < -0.3 is 20.3 Å². The van der Waals surface area contributed by atoms with Gasteiger partial charge in [0.1, 0.15) is 17.7 Å². The van der Waals surface area contributed by atoms with E-state index in [-0.39, 0.29) is 23.6 Å². The van der Waals surface area contributed by atoms with Crippen molar-refractivity contribution < 1.29 is 19.1 Å². The van der Waals surface area contributed by atoms with E-state index in [0.717, 1.165) is 44.9 Å². The van der Waals surface area contributed by atoms with Crippen LogP contribution < -0.4 is 10.6 Å². The minimum Gasteiger partial charge on any atom is -0.444 e. The number of ether oxygens (including phenoxy) is 1. The highest BCUT2D eigenvalue weighted by Crippen LogP contribution is 2.25. The second kappa shape index (κ2) is 17.8. The topological polar surface area (TPSA) is 87.7 Å². The van der Waals surface area contributed by atoms with Gasteiger partial charge >= 0.3 is 6.09 Å². The molecule has 3 amide bonds. The molecule has 1 aromatic carbocycles. The molecule has 0 aromatic heterocycles. The lowest BCUT2D eigenvalue weighted by molar-refractivity contribution is -0.142. The number of unbranched alkanes of at least 4 members (excludes halogenated alkanes) is 5. The molecule has 1 rings (SSSR count). The van der Waals surface area contributed by atoms with E-state index in [9.17, 15) is 14.4 Å². The molecule has 8 heteroatoms. The fraction of sp³-hybridized carbons (Fsp3) is 0.645. The van der Waals surface area contributed by atoms with Crippen molar-refractivity contribution in [1.29, 1.82) is 0 Å². The first kappa shape index (κ1) is 34.4. The molecular weight excluding hydrogens is 510 g/mol. The van der Waals surface area contributed by atoms with Gasteiger partial charge in [-0.15, -0.1) is 6.42 Å². The lowest BCUT2D eigenvalue weighted by atomic mass is 10.00. The lowest BCUT2D eigenvalue weighted by Crippen LogP contribution is -2.54. The number of nitrogens with zero attached hydrogens (tertiary/aromatic N) is 1. The van der Waals surface area contributed by atoms with Gasteiger partial charge in [0.05, 0.1) is 0 Å². The number of alkyl carbamates (subject to hydrolysis) is 1. The summed E-state index contributed by atoms with van der Waals surface area (Å²) in [7, 11) is 0. The minimum atomic E-state index is -0.961. The van der Waals surface area contributed by atoms with E-state index in [1.165, 1.54) is 6.42 Å². The first-order chi connectivity index (χ1) is 18.5. The van der Waals surface area contributed by atoms with Gasteiger partial charge in [-0.05, 0) is 58.2 Å². The summed E-state index contributed by atoms with van der Waals surface area (Å²) in [5.74, 6) is 2.01. The molecule has 0 spiro atoms. The molecule has 0 heterocycles. The van der Waals surface area contributed by atoms with Crippen LogP contribution in [0, 0.1) is 12.3 Å². The van der Waals surface area contributed by atoms with E-state index < -0.39 is 23.8 Å². The summed E-state index contributed by atoms with van der Waals surface area (Å²) >= 11 is 4.36. The lowest BCUT2D eigenvalue weighted by Gasteiger charge is -2.35. The molecule has 0 aliphatic rings. The molecule has 0 saturated carbocycles. The van der Waals surface area contributed by atoms with Crippen LogP contribution in [0.2, 0.25) is 0 Å². The number of carbonyl (C=O) groups is 3. The van der Waals surface area contributed by atoms with Gasteiger partial charge in [-0.25, -0.2) is 4.79 Å². The molecule has 1 aromatic rings. The zero-order valence-electron chi connectivity index (χ0n) is 24.7. The summed E-state index contributed by atoms with van der Waals surface area (Å²) in [5, 5.41) is 5.75. The number of hydrogen-bond acceptors (Lipinski definition) is 5. The van der Waals surface area contributed by atoms with Crippen LogP contribution in [0.15, 0.2) is 24.3 Å². The Hall–Kier alpha value is -2.66. The van der Waals surface area contributed by atoms with Gasteiger partial charge in [-0.2, -0.15) is 12.6 Å². The predicted octanol–water partition coefficient (Wildman–Crippen LogP) is 6.03. The first-order valence-electron chi connectivity index (χ1n) is 14.2. The maximum atomic E-state index is 14.0. The number of benzene rings is 1. The van der Waals surface area contributed by atoms with Crippen molar-refractivity contribution in [2.75, 3.05) is 12.3 Å². The molecule has 0 radical (unpaired) electrons. The van der Waals surface area contributed by atoms with Crippen LogP contribution in [0.4, 0.5) is 4.79 Å². The predicted molar refractivity (Wildman–Crippen MR) is 162 cm³/mol. The Bertz CT molecular complexity index is 937. The van der Waals surface area contributed by atoms with Crippen molar-refractivity contribution in [3.63, 3.8) is 0 Å². The average molecular weight is 560 g/mol. The highest BCUT2D eigenvalue weighted by molar-refractivity contribution is 7.80. The zero-order chi connectivity index (χ0) is 29.4. The number of nitrogens with one attached hydrogen (secondary N) is 2. The highest BCUT2D eigenvalue weighted by atomic mass is 32.1. The van der Waals surface area contributed by atoms with Crippen LogP contribution in [0.25, 0.3) is 0 Å². The van der Waals surface area contributed by atoms with Crippen LogP contribution in [-0.2, 0) is 14.3 Å².